The minimum Gasteiger partial charge on any atom is -0.342 e. The number of amides is 2. The van der Waals surface area contributed by atoms with Gasteiger partial charge in [0.1, 0.15) is 5.82 Å². The smallest absolute Gasteiger partial charge is 0.293 e. The third-order valence-electron chi connectivity index (χ3n) is 5.62. The summed E-state index contributed by atoms with van der Waals surface area (Å²) in [6.45, 7) is 0.407. The maximum atomic E-state index is 14.1. The molecule has 1 aromatic heterocycles. The van der Waals surface area contributed by atoms with Crippen LogP contribution in [0.2, 0.25) is 10.0 Å². The number of benzene rings is 3. The van der Waals surface area contributed by atoms with E-state index < -0.39 is 17.0 Å². The van der Waals surface area contributed by atoms with E-state index in [1.54, 1.807) is 36.4 Å². The van der Waals surface area contributed by atoms with Crippen LogP contribution >= 0.6 is 35.0 Å². The van der Waals surface area contributed by atoms with Crippen LogP contribution in [0.1, 0.15) is 16.7 Å². The van der Waals surface area contributed by atoms with Crippen molar-refractivity contribution in [3.05, 3.63) is 110 Å². The van der Waals surface area contributed by atoms with E-state index in [1.807, 2.05) is 41.1 Å². The summed E-state index contributed by atoms with van der Waals surface area (Å²) in [5, 5.41) is 1.66. The molecule has 2 heterocycles. The Kier molecular flexibility index (Phi) is 6.21. The number of carbonyl (C=O) groups excluding carboxylic acids is 2. The van der Waals surface area contributed by atoms with Gasteiger partial charge in [-0.2, -0.15) is 0 Å². The molecule has 0 spiro atoms. The SMILES string of the molecule is O=C1S/C(=C/c2cn(Cc3ccc(Cl)cc3Cl)c3ccccc23)C(=O)N1Cc1ccccc1F. The summed E-state index contributed by atoms with van der Waals surface area (Å²) in [6, 6.07) is 19.3. The highest BCUT2D eigenvalue weighted by molar-refractivity contribution is 8.18. The Bertz CT molecular complexity index is 1480. The number of thioether (sulfide) groups is 1. The van der Waals surface area contributed by atoms with Gasteiger partial charge in [-0.15, -0.1) is 0 Å². The largest absolute Gasteiger partial charge is 0.342 e. The van der Waals surface area contributed by atoms with Gasteiger partial charge in [0.15, 0.2) is 0 Å². The minimum atomic E-state index is -0.450. The molecule has 0 bridgehead atoms. The number of imide groups is 1. The molecule has 8 heteroatoms. The molecule has 0 aliphatic carbocycles. The van der Waals surface area contributed by atoms with Crippen molar-refractivity contribution in [2.24, 2.45) is 0 Å². The van der Waals surface area contributed by atoms with Crippen molar-refractivity contribution in [1.29, 1.82) is 0 Å². The standard InChI is InChI=1S/C26H17Cl2FN2O2S/c27-19-10-9-16(21(28)12-19)13-30-14-18(20-6-2-4-8-23(20)30)11-24-25(32)31(26(33)34-24)15-17-5-1-3-7-22(17)29/h1-12,14H,13,15H2/b24-11+. The predicted octanol–water partition coefficient (Wildman–Crippen LogP) is 7.37. The monoisotopic (exact) mass is 510 g/mol. The fourth-order valence-corrected chi connectivity index (χ4v) is 5.23. The number of nitrogens with zero attached hydrogens (tertiary/aromatic N) is 2. The lowest BCUT2D eigenvalue weighted by molar-refractivity contribution is -0.123. The third kappa shape index (κ3) is 4.37. The first-order chi connectivity index (χ1) is 16.4. The lowest BCUT2D eigenvalue weighted by Gasteiger charge is -2.12. The van der Waals surface area contributed by atoms with Crippen LogP contribution in [-0.4, -0.2) is 20.6 Å². The summed E-state index contributed by atoms with van der Waals surface area (Å²) in [5.74, 6) is -0.884. The molecule has 1 aliphatic heterocycles. The van der Waals surface area contributed by atoms with Crippen molar-refractivity contribution < 1.29 is 14.0 Å². The van der Waals surface area contributed by atoms with Crippen molar-refractivity contribution in [3.63, 3.8) is 0 Å². The molecule has 5 rings (SSSR count). The predicted molar refractivity (Wildman–Crippen MR) is 135 cm³/mol. The van der Waals surface area contributed by atoms with Gasteiger partial charge in [-0.05, 0) is 47.7 Å². The molecule has 0 N–H and O–H groups in total. The number of para-hydroxylation sites is 1. The van der Waals surface area contributed by atoms with E-state index >= 15 is 0 Å². The molecule has 0 saturated carbocycles. The van der Waals surface area contributed by atoms with Gasteiger partial charge in [0.05, 0.1) is 11.4 Å². The fraction of sp³-hybridized carbons (Fsp3) is 0.0769. The van der Waals surface area contributed by atoms with Crippen LogP contribution in [0, 0.1) is 5.82 Å². The molecule has 1 saturated heterocycles. The summed E-state index contributed by atoms with van der Waals surface area (Å²) >= 11 is 13.3. The van der Waals surface area contributed by atoms with Crippen LogP contribution in [0.3, 0.4) is 0 Å². The quantitative estimate of drug-likeness (QED) is 0.263. The molecule has 3 aromatic carbocycles. The first-order valence-corrected chi connectivity index (χ1v) is 12.0. The zero-order valence-electron chi connectivity index (χ0n) is 17.7. The van der Waals surface area contributed by atoms with Crippen molar-refractivity contribution in [3.8, 4) is 0 Å². The molecule has 34 heavy (non-hydrogen) atoms. The second kappa shape index (κ2) is 9.29. The third-order valence-corrected chi connectivity index (χ3v) is 7.12. The highest BCUT2D eigenvalue weighted by atomic mass is 35.5. The lowest BCUT2D eigenvalue weighted by Crippen LogP contribution is -2.27. The highest BCUT2D eigenvalue weighted by Crippen LogP contribution is 2.35. The van der Waals surface area contributed by atoms with Crippen LogP contribution in [0.4, 0.5) is 9.18 Å². The van der Waals surface area contributed by atoms with Crippen LogP contribution in [0.25, 0.3) is 17.0 Å². The van der Waals surface area contributed by atoms with Crippen molar-refractivity contribution in [2.45, 2.75) is 13.1 Å². The van der Waals surface area contributed by atoms with Crippen LogP contribution < -0.4 is 0 Å². The van der Waals surface area contributed by atoms with Crippen molar-refractivity contribution in [1.82, 2.24) is 9.47 Å². The van der Waals surface area contributed by atoms with Crippen LogP contribution in [0.15, 0.2) is 77.8 Å². The van der Waals surface area contributed by atoms with Crippen molar-refractivity contribution >= 4 is 63.1 Å². The molecule has 170 valence electrons. The summed E-state index contributed by atoms with van der Waals surface area (Å²) < 4.78 is 16.1. The van der Waals surface area contributed by atoms with Gasteiger partial charge in [-0.25, -0.2) is 4.39 Å². The van der Waals surface area contributed by atoms with Gasteiger partial charge in [0.25, 0.3) is 11.1 Å². The molecular weight excluding hydrogens is 494 g/mol. The average molecular weight is 511 g/mol. The molecule has 4 aromatic rings. The molecule has 4 nitrogen and oxygen atoms in total. The first-order valence-electron chi connectivity index (χ1n) is 10.4. The highest BCUT2D eigenvalue weighted by Gasteiger charge is 2.35. The summed E-state index contributed by atoms with van der Waals surface area (Å²) in [6.07, 6.45) is 3.65. The van der Waals surface area contributed by atoms with E-state index in [-0.39, 0.29) is 6.54 Å². The Hall–Kier alpha value is -3.06. The molecule has 0 unspecified atom stereocenters. The Morgan fingerprint density at radius 2 is 1.68 bits per heavy atom. The Morgan fingerprint density at radius 3 is 2.47 bits per heavy atom. The van der Waals surface area contributed by atoms with Crippen LogP contribution in [0.5, 0.6) is 0 Å². The number of fused-ring (bicyclic) bond motifs is 1. The number of carbonyl (C=O) groups is 2. The van der Waals surface area contributed by atoms with E-state index in [0.717, 1.165) is 38.7 Å². The molecule has 1 aliphatic rings. The number of halogens is 3. The number of rotatable bonds is 5. The second-order valence-electron chi connectivity index (χ2n) is 7.82. The van der Waals surface area contributed by atoms with Gasteiger partial charge in [0.2, 0.25) is 0 Å². The molecule has 0 atom stereocenters. The molecular formula is C26H17Cl2FN2O2S. The van der Waals surface area contributed by atoms with Gasteiger partial charge in [-0.1, -0.05) is 65.7 Å². The zero-order chi connectivity index (χ0) is 23.8. The maximum absolute atomic E-state index is 14.1. The van der Waals surface area contributed by atoms with E-state index in [1.165, 1.54) is 6.07 Å². The van der Waals surface area contributed by atoms with Gasteiger partial charge >= 0.3 is 0 Å². The Balaban J connectivity index is 1.48. The van der Waals surface area contributed by atoms with Crippen LogP contribution in [-0.2, 0) is 17.9 Å². The van der Waals surface area contributed by atoms with Gasteiger partial charge in [0, 0.05) is 44.8 Å². The Labute approximate surface area is 209 Å². The molecule has 1 fully saturated rings. The summed E-state index contributed by atoms with van der Waals surface area (Å²) in [5.41, 5.74) is 2.97. The topological polar surface area (TPSA) is 42.3 Å². The average Bonchev–Trinajstić information content (AvgIpc) is 3.29. The van der Waals surface area contributed by atoms with E-state index in [2.05, 4.69) is 0 Å². The second-order valence-corrected chi connectivity index (χ2v) is 9.66. The number of aromatic nitrogens is 1. The van der Waals surface area contributed by atoms with Crippen molar-refractivity contribution in [2.75, 3.05) is 0 Å². The fourth-order valence-electron chi connectivity index (χ4n) is 3.93. The first kappa shape index (κ1) is 22.7. The summed E-state index contributed by atoms with van der Waals surface area (Å²) in [7, 11) is 0. The van der Waals surface area contributed by atoms with E-state index in [4.69, 9.17) is 23.2 Å². The van der Waals surface area contributed by atoms with Gasteiger partial charge < -0.3 is 4.57 Å². The molecule has 2 amide bonds. The molecule has 0 radical (unpaired) electrons. The summed E-state index contributed by atoms with van der Waals surface area (Å²) in [4.78, 5) is 26.9. The lowest BCUT2D eigenvalue weighted by atomic mass is 10.1. The maximum Gasteiger partial charge on any atom is 0.293 e. The Morgan fingerprint density at radius 1 is 0.912 bits per heavy atom. The van der Waals surface area contributed by atoms with E-state index in [9.17, 15) is 14.0 Å². The number of hydrogen-bond acceptors (Lipinski definition) is 3. The normalized spacial score (nSPS) is 15.1. The minimum absolute atomic E-state index is 0.106. The van der Waals surface area contributed by atoms with E-state index in [0.29, 0.717) is 27.1 Å². The number of hydrogen-bond donors (Lipinski definition) is 0. The zero-order valence-corrected chi connectivity index (χ0v) is 20.0. The van der Waals surface area contributed by atoms with Gasteiger partial charge in [-0.3, -0.25) is 14.5 Å².